The van der Waals surface area contributed by atoms with Crippen molar-refractivity contribution in [3.05, 3.63) is 33.8 Å². The van der Waals surface area contributed by atoms with E-state index < -0.39 is 5.97 Å². The van der Waals surface area contributed by atoms with E-state index in [4.69, 9.17) is 9.84 Å². The lowest BCUT2D eigenvalue weighted by Gasteiger charge is -2.35. The lowest BCUT2D eigenvalue weighted by Crippen LogP contribution is -2.49. The molecule has 0 spiro atoms. The fourth-order valence-corrected chi connectivity index (χ4v) is 3.01. The van der Waals surface area contributed by atoms with Gasteiger partial charge in [-0.25, -0.2) is 0 Å². The van der Waals surface area contributed by atoms with Crippen LogP contribution in [0.15, 0.2) is 22.7 Å². The molecule has 1 aromatic rings. The Morgan fingerprint density at radius 1 is 1.48 bits per heavy atom. The van der Waals surface area contributed by atoms with Crippen LogP contribution in [-0.4, -0.2) is 72.7 Å². The largest absolute Gasteiger partial charge is 0.480 e. The van der Waals surface area contributed by atoms with E-state index in [0.717, 1.165) is 10.0 Å². The SMILES string of the molecule is Cc1ccc(Br)cc1C(=O)N1CCOC(CN(C)CC(=O)O)C1. The fraction of sp³-hybridized carbons (Fsp3) is 0.500. The van der Waals surface area contributed by atoms with Crippen molar-refractivity contribution in [3.63, 3.8) is 0 Å². The Hall–Kier alpha value is -1.44. The van der Waals surface area contributed by atoms with Gasteiger partial charge in [0.2, 0.25) is 0 Å². The number of carboxylic acids is 1. The van der Waals surface area contributed by atoms with Crippen LogP contribution in [0.25, 0.3) is 0 Å². The van der Waals surface area contributed by atoms with E-state index in [9.17, 15) is 9.59 Å². The number of amides is 1. The van der Waals surface area contributed by atoms with E-state index in [-0.39, 0.29) is 18.6 Å². The van der Waals surface area contributed by atoms with Crippen LogP contribution in [0.1, 0.15) is 15.9 Å². The Labute approximate surface area is 144 Å². The molecular formula is C16H21BrN2O4. The number of halogens is 1. The molecular weight excluding hydrogens is 364 g/mol. The van der Waals surface area contributed by atoms with E-state index in [0.29, 0.717) is 31.8 Å². The molecule has 0 saturated carbocycles. The summed E-state index contributed by atoms with van der Waals surface area (Å²) < 4.78 is 6.54. The van der Waals surface area contributed by atoms with E-state index in [1.54, 1.807) is 16.8 Å². The summed E-state index contributed by atoms with van der Waals surface area (Å²) in [6.45, 7) is 3.83. The standard InChI is InChI=1S/C16H21BrN2O4/c1-11-3-4-12(17)7-14(11)16(22)19-5-6-23-13(9-19)8-18(2)10-15(20)21/h3-4,7,13H,5-6,8-10H2,1-2H3,(H,20,21). The summed E-state index contributed by atoms with van der Waals surface area (Å²) in [6, 6.07) is 5.66. The van der Waals surface area contributed by atoms with Crippen molar-refractivity contribution in [2.45, 2.75) is 13.0 Å². The van der Waals surface area contributed by atoms with Gasteiger partial charge in [0, 0.05) is 29.7 Å². The fourth-order valence-electron chi connectivity index (χ4n) is 2.65. The molecule has 1 aliphatic heterocycles. The van der Waals surface area contributed by atoms with Gasteiger partial charge in [0.05, 0.1) is 19.3 Å². The molecule has 1 saturated heterocycles. The molecule has 1 aromatic carbocycles. The molecule has 23 heavy (non-hydrogen) atoms. The van der Waals surface area contributed by atoms with E-state index >= 15 is 0 Å². The first kappa shape index (κ1) is 17.9. The second-order valence-electron chi connectivity index (χ2n) is 5.79. The van der Waals surface area contributed by atoms with Crippen LogP contribution in [0.5, 0.6) is 0 Å². The third-order valence-corrected chi connectivity index (χ3v) is 4.27. The maximum atomic E-state index is 12.7. The lowest BCUT2D eigenvalue weighted by molar-refractivity contribution is -0.138. The van der Waals surface area contributed by atoms with Gasteiger partial charge >= 0.3 is 5.97 Å². The van der Waals surface area contributed by atoms with E-state index in [1.807, 2.05) is 25.1 Å². The van der Waals surface area contributed by atoms with Gasteiger partial charge in [0.15, 0.2) is 0 Å². The minimum absolute atomic E-state index is 0.0158. The predicted molar refractivity (Wildman–Crippen MR) is 89.7 cm³/mol. The monoisotopic (exact) mass is 384 g/mol. The average molecular weight is 385 g/mol. The zero-order chi connectivity index (χ0) is 17.0. The first-order valence-corrected chi connectivity index (χ1v) is 8.23. The summed E-state index contributed by atoms with van der Waals surface area (Å²) in [4.78, 5) is 26.9. The van der Waals surface area contributed by atoms with Crippen LogP contribution in [-0.2, 0) is 9.53 Å². The molecule has 7 heteroatoms. The second kappa shape index (κ2) is 7.90. The van der Waals surface area contributed by atoms with Crippen molar-refractivity contribution in [3.8, 4) is 0 Å². The first-order chi connectivity index (χ1) is 10.9. The number of morpholine rings is 1. The topological polar surface area (TPSA) is 70.1 Å². The quantitative estimate of drug-likeness (QED) is 0.834. The number of hydrogen-bond acceptors (Lipinski definition) is 4. The van der Waals surface area contributed by atoms with Crippen LogP contribution in [0.2, 0.25) is 0 Å². The van der Waals surface area contributed by atoms with Gasteiger partial charge in [-0.3, -0.25) is 14.5 Å². The normalized spacial score (nSPS) is 18.3. The molecule has 0 aromatic heterocycles. The molecule has 2 rings (SSSR count). The highest BCUT2D eigenvalue weighted by Gasteiger charge is 2.27. The van der Waals surface area contributed by atoms with E-state index in [2.05, 4.69) is 15.9 Å². The summed E-state index contributed by atoms with van der Waals surface area (Å²) in [5.41, 5.74) is 1.61. The van der Waals surface area contributed by atoms with Crippen molar-refractivity contribution < 1.29 is 19.4 Å². The van der Waals surface area contributed by atoms with Crippen molar-refractivity contribution in [2.24, 2.45) is 0 Å². The van der Waals surface area contributed by atoms with Gasteiger partial charge in [0.25, 0.3) is 5.91 Å². The zero-order valence-electron chi connectivity index (χ0n) is 13.3. The zero-order valence-corrected chi connectivity index (χ0v) is 14.9. The number of nitrogens with zero attached hydrogens (tertiary/aromatic N) is 2. The molecule has 1 atom stereocenters. The second-order valence-corrected chi connectivity index (χ2v) is 6.71. The van der Waals surface area contributed by atoms with Crippen LogP contribution in [0.4, 0.5) is 0 Å². The maximum absolute atomic E-state index is 12.7. The van der Waals surface area contributed by atoms with Crippen molar-refractivity contribution >= 4 is 27.8 Å². The summed E-state index contributed by atoms with van der Waals surface area (Å²) in [5.74, 6) is -0.890. The Bertz CT molecular complexity index is 593. The number of carbonyl (C=O) groups is 2. The van der Waals surface area contributed by atoms with Crippen molar-refractivity contribution in [1.82, 2.24) is 9.80 Å². The molecule has 1 aliphatic rings. The third kappa shape index (κ3) is 5.02. The van der Waals surface area contributed by atoms with Gasteiger partial charge in [0.1, 0.15) is 0 Å². The van der Waals surface area contributed by atoms with Crippen LogP contribution < -0.4 is 0 Å². The molecule has 1 heterocycles. The summed E-state index contributed by atoms with van der Waals surface area (Å²) in [6.07, 6.45) is -0.176. The van der Waals surface area contributed by atoms with Crippen molar-refractivity contribution in [1.29, 1.82) is 0 Å². The number of hydrogen-bond donors (Lipinski definition) is 1. The number of rotatable bonds is 5. The highest BCUT2D eigenvalue weighted by atomic mass is 79.9. The summed E-state index contributed by atoms with van der Waals surface area (Å²) in [7, 11) is 1.73. The molecule has 126 valence electrons. The van der Waals surface area contributed by atoms with Gasteiger partial charge in [-0.05, 0) is 31.7 Å². The van der Waals surface area contributed by atoms with Gasteiger partial charge in [-0.1, -0.05) is 22.0 Å². The highest BCUT2D eigenvalue weighted by Crippen LogP contribution is 2.19. The maximum Gasteiger partial charge on any atom is 0.317 e. The molecule has 0 aliphatic carbocycles. The highest BCUT2D eigenvalue weighted by molar-refractivity contribution is 9.10. The van der Waals surface area contributed by atoms with Gasteiger partial charge in [-0.2, -0.15) is 0 Å². The Balaban J connectivity index is 2.01. The number of benzene rings is 1. The molecule has 1 amide bonds. The molecule has 0 radical (unpaired) electrons. The number of carboxylic acid groups (broad SMARTS) is 1. The van der Waals surface area contributed by atoms with Gasteiger partial charge < -0.3 is 14.7 Å². The average Bonchev–Trinajstić information content (AvgIpc) is 2.48. The van der Waals surface area contributed by atoms with E-state index in [1.165, 1.54) is 0 Å². The Kier molecular flexibility index (Phi) is 6.15. The number of carbonyl (C=O) groups excluding carboxylic acids is 1. The lowest BCUT2D eigenvalue weighted by atomic mass is 10.1. The minimum Gasteiger partial charge on any atom is -0.480 e. The van der Waals surface area contributed by atoms with Crippen LogP contribution >= 0.6 is 15.9 Å². The molecule has 1 unspecified atom stereocenters. The van der Waals surface area contributed by atoms with Crippen molar-refractivity contribution in [2.75, 3.05) is 39.8 Å². The Morgan fingerprint density at radius 3 is 2.91 bits per heavy atom. The molecule has 0 bridgehead atoms. The number of likely N-dealkylation sites (N-methyl/N-ethyl adjacent to an activating group) is 1. The smallest absolute Gasteiger partial charge is 0.317 e. The van der Waals surface area contributed by atoms with Crippen LogP contribution in [0, 0.1) is 6.92 Å². The molecule has 1 N–H and O–H groups in total. The first-order valence-electron chi connectivity index (χ1n) is 7.44. The molecule has 6 nitrogen and oxygen atoms in total. The minimum atomic E-state index is -0.874. The van der Waals surface area contributed by atoms with Crippen LogP contribution in [0.3, 0.4) is 0 Å². The Morgan fingerprint density at radius 2 is 2.22 bits per heavy atom. The summed E-state index contributed by atoms with van der Waals surface area (Å²) in [5, 5.41) is 8.81. The number of aliphatic carboxylic acids is 1. The third-order valence-electron chi connectivity index (χ3n) is 3.78. The molecule has 1 fully saturated rings. The van der Waals surface area contributed by atoms with Gasteiger partial charge in [-0.15, -0.1) is 0 Å². The predicted octanol–water partition coefficient (Wildman–Crippen LogP) is 1.61. The number of aryl methyl sites for hydroxylation is 1. The summed E-state index contributed by atoms with van der Waals surface area (Å²) >= 11 is 3.40. The number of ether oxygens (including phenoxy) is 1.